The van der Waals surface area contributed by atoms with Crippen LogP contribution in [-0.2, 0) is 11.2 Å². The number of nitrogens with one attached hydrogen (secondary N) is 1. The van der Waals surface area contributed by atoms with Crippen LogP contribution in [0, 0.1) is 0 Å². The van der Waals surface area contributed by atoms with Gasteiger partial charge in [0.05, 0.1) is 5.69 Å². The number of aliphatic hydroxyl groups is 1. The molecule has 0 atom stereocenters. The van der Waals surface area contributed by atoms with Gasteiger partial charge in [-0.2, -0.15) is 0 Å². The summed E-state index contributed by atoms with van der Waals surface area (Å²) in [5, 5.41) is 19.4. The summed E-state index contributed by atoms with van der Waals surface area (Å²) in [6.45, 7) is 0.432. The van der Waals surface area contributed by atoms with Crippen molar-refractivity contribution in [3.8, 4) is 11.5 Å². The van der Waals surface area contributed by atoms with Gasteiger partial charge in [-0.3, -0.25) is 4.79 Å². The molecule has 0 aliphatic heterocycles. The van der Waals surface area contributed by atoms with Crippen LogP contribution < -0.4 is 15.8 Å². The summed E-state index contributed by atoms with van der Waals surface area (Å²) in [5.74, 6) is 0.712. The Kier molecular flexibility index (Phi) is 8.34. The molecule has 6 heteroatoms. The SMILES string of the molecule is CNc1cc(O)cc(CCN)c1OCC=O.CO. The highest BCUT2D eigenvalue weighted by atomic mass is 16.5. The Hall–Kier alpha value is -1.79. The molecule has 0 amide bonds. The number of aromatic hydroxyl groups is 1. The average molecular weight is 256 g/mol. The van der Waals surface area contributed by atoms with Gasteiger partial charge in [0.15, 0.2) is 6.29 Å². The quantitative estimate of drug-likeness (QED) is 0.539. The fraction of sp³-hybridized carbons (Fsp3) is 0.417. The molecular formula is C12H20N2O4. The molecular weight excluding hydrogens is 236 g/mol. The van der Waals surface area contributed by atoms with Gasteiger partial charge in [0.2, 0.25) is 0 Å². The second-order valence-electron chi connectivity index (χ2n) is 3.25. The Labute approximate surface area is 106 Å². The maximum Gasteiger partial charge on any atom is 0.157 e. The van der Waals surface area contributed by atoms with Crippen LogP contribution >= 0.6 is 0 Å². The van der Waals surface area contributed by atoms with Crippen LogP contribution in [-0.4, -0.2) is 43.8 Å². The first-order valence-corrected chi connectivity index (χ1v) is 5.47. The molecule has 18 heavy (non-hydrogen) atoms. The third-order valence-corrected chi connectivity index (χ3v) is 2.13. The first-order chi connectivity index (χ1) is 8.72. The maximum absolute atomic E-state index is 10.3. The number of ether oxygens (including phenoxy) is 1. The number of aldehydes is 1. The van der Waals surface area contributed by atoms with Gasteiger partial charge < -0.3 is 26.0 Å². The molecule has 102 valence electrons. The van der Waals surface area contributed by atoms with Crippen LogP contribution in [0.5, 0.6) is 11.5 Å². The Bertz CT molecular complexity index is 369. The minimum Gasteiger partial charge on any atom is -0.508 e. The molecule has 0 fully saturated rings. The zero-order valence-electron chi connectivity index (χ0n) is 10.6. The van der Waals surface area contributed by atoms with Gasteiger partial charge in [0.25, 0.3) is 0 Å². The molecule has 1 rings (SSSR count). The van der Waals surface area contributed by atoms with Crippen molar-refractivity contribution in [2.45, 2.75) is 6.42 Å². The van der Waals surface area contributed by atoms with Gasteiger partial charge in [-0.05, 0) is 19.0 Å². The molecule has 0 radical (unpaired) electrons. The number of phenols is 1. The topological polar surface area (TPSA) is 105 Å². The Morgan fingerprint density at radius 2 is 2.11 bits per heavy atom. The van der Waals surface area contributed by atoms with E-state index in [4.69, 9.17) is 15.6 Å². The van der Waals surface area contributed by atoms with E-state index in [1.54, 1.807) is 19.2 Å². The molecule has 0 aromatic heterocycles. The molecule has 0 aliphatic carbocycles. The monoisotopic (exact) mass is 256 g/mol. The average Bonchev–Trinajstić information content (AvgIpc) is 2.39. The molecule has 0 aliphatic rings. The molecule has 0 unspecified atom stereocenters. The lowest BCUT2D eigenvalue weighted by Gasteiger charge is -2.14. The van der Waals surface area contributed by atoms with Gasteiger partial charge in [-0.25, -0.2) is 0 Å². The van der Waals surface area contributed by atoms with Crippen molar-refractivity contribution in [3.05, 3.63) is 17.7 Å². The smallest absolute Gasteiger partial charge is 0.157 e. The zero-order chi connectivity index (χ0) is 14.0. The van der Waals surface area contributed by atoms with Crippen molar-refractivity contribution in [2.75, 3.05) is 32.6 Å². The van der Waals surface area contributed by atoms with Gasteiger partial charge in [0.1, 0.15) is 18.1 Å². The standard InChI is InChI=1S/C11H16N2O3.CH4O/c1-13-10-7-9(15)6-8(2-3-12)11(10)16-5-4-14;1-2/h4,6-7,13,15H,2-3,5,12H2,1H3;2H,1H3. The van der Waals surface area contributed by atoms with Crippen LogP contribution in [0.2, 0.25) is 0 Å². The number of nitrogens with two attached hydrogens (primary N) is 1. The lowest BCUT2D eigenvalue weighted by Crippen LogP contribution is -2.08. The van der Waals surface area contributed by atoms with E-state index in [1.165, 1.54) is 0 Å². The van der Waals surface area contributed by atoms with E-state index in [-0.39, 0.29) is 12.4 Å². The van der Waals surface area contributed by atoms with Crippen molar-refractivity contribution in [3.63, 3.8) is 0 Å². The number of anilines is 1. The summed E-state index contributed by atoms with van der Waals surface area (Å²) in [6, 6.07) is 3.13. The van der Waals surface area contributed by atoms with Crippen molar-refractivity contribution < 1.29 is 19.7 Å². The minimum absolute atomic E-state index is 0.0168. The lowest BCUT2D eigenvalue weighted by atomic mass is 10.1. The number of hydrogen-bond donors (Lipinski definition) is 4. The molecule has 0 saturated heterocycles. The van der Waals surface area contributed by atoms with Crippen LogP contribution in [0.1, 0.15) is 5.56 Å². The van der Waals surface area contributed by atoms with Gasteiger partial charge in [-0.1, -0.05) is 0 Å². The summed E-state index contributed by atoms with van der Waals surface area (Å²) in [7, 11) is 2.72. The van der Waals surface area contributed by atoms with Crippen LogP contribution in [0.25, 0.3) is 0 Å². The molecule has 1 aromatic rings. The number of aliphatic hydroxyl groups excluding tert-OH is 1. The summed E-state index contributed by atoms with van der Waals surface area (Å²) in [4.78, 5) is 10.3. The van der Waals surface area contributed by atoms with Crippen molar-refractivity contribution in [1.29, 1.82) is 0 Å². The second-order valence-corrected chi connectivity index (χ2v) is 3.25. The third-order valence-electron chi connectivity index (χ3n) is 2.13. The molecule has 0 bridgehead atoms. The van der Waals surface area contributed by atoms with E-state index in [0.717, 1.165) is 12.7 Å². The van der Waals surface area contributed by atoms with E-state index >= 15 is 0 Å². The number of benzene rings is 1. The molecule has 5 N–H and O–H groups in total. The van der Waals surface area contributed by atoms with Crippen molar-refractivity contribution >= 4 is 12.0 Å². The highest BCUT2D eigenvalue weighted by Crippen LogP contribution is 2.33. The van der Waals surface area contributed by atoms with E-state index in [1.807, 2.05) is 0 Å². The highest BCUT2D eigenvalue weighted by Gasteiger charge is 2.10. The zero-order valence-corrected chi connectivity index (χ0v) is 10.6. The number of carbonyl (C=O) groups is 1. The van der Waals surface area contributed by atoms with E-state index in [9.17, 15) is 9.90 Å². The van der Waals surface area contributed by atoms with E-state index in [2.05, 4.69) is 5.32 Å². The van der Waals surface area contributed by atoms with Gasteiger partial charge in [0, 0.05) is 25.8 Å². The Morgan fingerprint density at radius 1 is 1.44 bits per heavy atom. The van der Waals surface area contributed by atoms with Crippen LogP contribution in [0.4, 0.5) is 5.69 Å². The molecule has 6 nitrogen and oxygen atoms in total. The van der Waals surface area contributed by atoms with Crippen LogP contribution in [0.15, 0.2) is 12.1 Å². The minimum atomic E-state index is -0.0168. The predicted molar refractivity (Wildman–Crippen MR) is 70.1 cm³/mol. The number of hydrogen-bond acceptors (Lipinski definition) is 6. The lowest BCUT2D eigenvalue weighted by molar-refractivity contribution is -0.109. The summed E-state index contributed by atoms with van der Waals surface area (Å²) in [5.41, 5.74) is 6.90. The molecule has 0 saturated carbocycles. The number of carbonyl (C=O) groups excluding carboxylic acids is 1. The second kappa shape index (κ2) is 9.26. The Balaban J connectivity index is 0.00000137. The third kappa shape index (κ3) is 4.60. The van der Waals surface area contributed by atoms with E-state index in [0.29, 0.717) is 30.7 Å². The van der Waals surface area contributed by atoms with Crippen LogP contribution in [0.3, 0.4) is 0 Å². The normalized spacial score (nSPS) is 9.11. The van der Waals surface area contributed by atoms with Crippen molar-refractivity contribution in [2.24, 2.45) is 5.73 Å². The van der Waals surface area contributed by atoms with Gasteiger partial charge in [-0.15, -0.1) is 0 Å². The molecule has 0 spiro atoms. The molecule has 0 heterocycles. The summed E-state index contributed by atoms with van der Waals surface area (Å²) in [6.07, 6.45) is 1.26. The first-order valence-electron chi connectivity index (χ1n) is 5.47. The Morgan fingerprint density at radius 3 is 2.61 bits per heavy atom. The number of rotatable bonds is 6. The first kappa shape index (κ1) is 16.2. The predicted octanol–water partition coefficient (Wildman–Crippen LogP) is 0.121. The largest absolute Gasteiger partial charge is 0.508 e. The fourth-order valence-electron chi connectivity index (χ4n) is 1.49. The summed E-state index contributed by atoms with van der Waals surface area (Å²) < 4.78 is 5.32. The van der Waals surface area contributed by atoms with Gasteiger partial charge >= 0.3 is 0 Å². The van der Waals surface area contributed by atoms with Crippen molar-refractivity contribution in [1.82, 2.24) is 0 Å². The molecule has 1 aromatic carbocycles. The summed E-state index contributed by atoms with van der Waals surface area (Å²) >= 11 is 0. The maximum atomic E-state index is 10.3. The fourth-order valence-corrected chi connectivity index (χ4v) is 1.49. The van der Waals surface area contributed by atoms with E-state index < -0.39 is 0 Å². The number of phenolic OH excluding ortho intramolecular Hbond substituents is 1. The highest BCUT2D eigenvalue weighted by molar-refractivity contribution is 5.64.